The van der Waals surface area contributed by atoms with Crippen LogP contribution in [0.25, 0.3) is 17.2 Å². The first-order chi connectivity index (χ1) is 21.3. The molecular weight excluding hydrogens is 572 g/mol. The maximum absolute atomic E-state index is 12.5. The zero-order chi connectivity index (χ0) is 31.7. The predicted octanol–water partition coefficient (Wildman–Crippen LogP) is 5.17. The van der Waals surface area contributed by atoms with Crippen molar-refractivity contribution in [2.75, 3.05) is 20.4 Å². The quantitative estimate of drug-likeness (QED) is 0.0709. The van der Waals surface area contributed by atoms with E-state index in [4.69, 9.17) is 33.2 Å². The SMILES string of the molecule is C=CC(=O)OCOc1ccc(-c2ccc(OC(=O)C=Cc3ccc(OCOC(=O)C=C)c(OCOC(=O)C=C)c3)cc2)cc1. The van der Waals surface area contributed by atoms with Gasteiger partial charge in [0.2, 0.25) is 20.4 Å². The highest BCUT2D eigenvalue weighted by Crippen LogP contribution is 2.29. The van der Waals surface area contributed by atoms with Crippen molar-refractivity contribution in [2.45, 2.75) is 0 Å². The van der Waals surface area contributed by atoms with Gasteiger partial charge in [-0.05, 0) is 59.2 Å². The van der Waals surface area contributed by atoms with Crippen molar-refractivity contribution in [3.05, 3.63) is 116 Å². The normalized spacial score (nSPS) is 10.2. The lowest BCUT2D eigenvalue weighted by atomic mass is 10.1. The predicted molar refractivity (Wildman–Crippen MR) is 158 cm³/mol. The van der Waals surface area contributed by atoms with Crippen LogP contribution in [0.4, 0.5) is 0 Å². The summed E-state index contributed by atoms with van der Waals surface area (Å²) in [6.45, 7) is 8.84. The summed E-state index contributed by atoms with van der Waals surface area (Å²) >= 11 is 0. The maximum Gasteiger partial charge on any atom is 0.336 e. The van der Waals surface area contributed by atoms with E-state index in [1.54, 1.807) is 42.5 Å². The lowest BCUT2D eigenvalue weighted by Gasteiger charge is -2.13. The van der Waals surface area contributed by atoms with Crippen LogP contribution in [0.3, 0.4) is 0 Å². The van der Waals surface area contributed by atoms with Gasteiger partial charge < -0.3 is 33.2 Å². The lowest BCUT2D eigenvalue weighted by Crippen LogP contribution is -2.11. The van der Waals surface area contributed by atoms with Crippen LogP contribution in [0.1, 0.15) is 5.56 Å². The molecular formula is C33H28O11. The molecule has 0 aliphatic rings. The first-order valence-corrected chi connectivity index (χ1v) is 12.8. The molecule has 0 radical (unpaired) electrons. The van der Waals surface area contributed by atoms with Crippen molar-refractivity contribution in [1.29, 1.82) is 0 Å². The standard InChI is InChI=1S/C33H28O11/c1-4-30(34)41-20-38-26-13-9-24(10-14-26)25-11-15-27(16-12-25)44-33(37)18-8-23-7-17-28(39-21-42-31(35)5-2)29(19-23)40-22-43-32(36)6-3/h4-19H,1-3,20-22H2. The van der Waals surface area contributed by atoms with E-state index in [0.717, 1.165) is 29.4 Å². The highest BCUT2D eigenvalue weighted by atomic mass is 16.7. The smallest absolute Gasteiger partial charge is 0.336 e. The van der Waals surface area contributed by atoms with Crippen molar-refractivity contribution in [2.24, 2.45) is 0 Å². The van der Waals surface area contributed by atoms with E-state index < -0.39 is 37.5 Å². The molecule has 0 aliphatic carbocycles. The fourth-order valence-electron chi connectivity index (χ4n) is 3.27. The van der Waals surface area contributed by atoms with Gasteiger partial charge in [-0.3, -0.25) is 0 Å². The lowest BCUT2D eigenvalue weighted by molar-refractivity contribution is -0.146. The fourth-order valence-corrected chi connectivity index (χ4v) is 3.27. The summed E-state index contributed by atoms with van der Waals surface area (Å²) in [5.74, 6) is -1.37. The Labute approximate surface area is 253 Å². The second-order valence-electron chi connectivity index (χ2n) is 8.30. The summed E-state index contributed by atoms with van der Waals surface area (Å²) < 4.78 is 36.0. The second-order valence-corrected chi connectivity index (χ2v) is 8.30. The molecule has 226 valence electrons. The summed E-state index contributed by atoms with van der Waals surface area (Å²) in [5.41, 5.74) is 2.30. The Morgan fingerprint density at radius 3 is 1.55 bits per heavy atom. The van der Waals surface area contributed by atoms with Gasteiger partial charge in [0.05, 0.1) is 0 Å². The number of ether oxygens (including phenoxy) is 7. The Bertz CT molecular complexity index is 1520. The molecule has 0 N–H and O–H groups in total. The summed E-state index contributed by atoms with van der Waals surface area (Å²) in [4.78, 5) is 46.1. The van der Waals surface area contributed by atoms with Gasteiger partial charge in [-0.25, -0.2) is 19.2 Å². The maximum atomic E-state index is 12.5. The number of benzene rings is 3. The Hall–Kier alpha value is -6.10. The van der Waals surface area contributed by atoms with Crippen molar-refractivity contribution in [1.82, 2.24) is 0 Å². The van der Waals surface area contributed by atoms with Crippen LogP contribution in [-0.2, 0) is 33.4 Å². The van der Waals surface area contributed by atoms with Gasteiger partial charge in [0.15, 0.2) is 11.5 Å². The van der Waals surface area contributed by atoms with Crippen LogP contribution in [0.5, 0.6) is 23.0 Å². The minimum atomic E-state index is -0.688. The average Bonchev–Trinajstić information content (AvgIpc) is 3.04. The number of carbonyl (C=O) groups is 4. The zero-order valence-electron chi connectivity index (χ0n) is 23.5. The van der Waals surface area contributed by atoms with E-state index >= 15 is 0 Å². The largest absolute Gasteiger partial charge is 0.457 e. The van der Waals surface area contributed by atoms with Gasteiger partial charge in [0.1, 0.15) is 11.5 Å². The molecule has 0 saturated carbocycles. The minimum absolute atomic E-state index is 0.151. The Kier molecular flexibility index (Phi) is 12.5. The van der Waals surface area contributed by atoms with Crippen LogP contribution < -0.4 is 18.9 Å². The number of esters is 4. The van der Waals surface area contributed by atoms with Crippen molar-refractivity contribution in [3.63, 3.8) is 0 Å². The van der Waals surface area contributed by atoms with Gasteiger partial charge in [0.25, 0.3) is 0 Å². The summed E-state index contributed by atoms with van der Waals surface area (Å²) in [6.07, 6.45) is 5.73. The van der Waals surface area contributed by atoms with E-state index in [9.17, 15) is 19.2 Å². The molecule has 11 nitrogen and oxygen atoms in total. The molecule has 0 amide bonds. The summed E-state index contributed by atoms with van der Waals surface area (Å²) in [6, 6.07) is 18.7. The number of hydrogen-bond acceptors (Lipinski definition) is 11. The van der Waals surface area contributed by atoms with Crippen LogP contribution in [0, 0.1) is 0 Å². The molecule has 0 aliphatic heterocycles. The molecule has 0 spiro atoms. The average molecular weight is 601 g/mol. The molecule has 0 atom stereocenters. The van der Waals surface area contributed by atoms with Crippen molar-refractivity contribution >= 4 is 30.0 Å². The van der Waals surface area contributed by atoms with Crippen LogP contribution >= 0.6 is 0 Å². The fraction of sp³-hybridized carbons (Fsp3) is 0.0909. The number of rotatable bonds is 16. The van der Waals surface area contributed by atoms with Gasteiger partial charge in [-0.15, -0.1) is 0 Å². The van der Waals surface area contributed by atoms with E-state index in [2.05, 4.69) is 19.7 Å². The first-order valence-electron chi connectivity index (χ1n) is 12.8. The second kappa shape index (κ2) is 17.0. The van der Waals surface area contributed by atoms with Crippen LogP contribution in [0.2, 0.25) is 0 Å². The third kappa shape index (κ3) is 10.7. The molecule has 44 heavy (non-hydrogen) atoms. The van der Waals surface area contributed by atoms with E-state index in [1.807, 2.05) is 12.1 Å². The molecule has 3 aromatic carbocycles. The molecule has 0 unspecified atom stereocenters. The van der Waals surface area contributed by atoms with Crippen LogP contribution in [-0.4, -0.2) is 44.3 Å². The zero-order valence-corrected chi connectivity index (χ0v) is 23.5. The first kappa shape index (κ1) is 32.4. The molecule has 11 heteroatoms. The third-order valence-corrected chi connectivity index (χ3v) is 5.40. The molecule has 0 heterocycles. The van der Waals surface area contributed by atoms with E-state index in [-0.39, 0.29) is 18.3 Å². The van der Waals surface area contributed by atoms with Gasteiger partial charge in [-0.1, -0.05) is 50.1 Å². The van der Waals surface area contributed by atoms with Crippen LogP contribution in [0.15, 0.2) is 111 Å². The number of hydrogen-bond donors (Lipinski definition) is 0. The van der Waals surface area contributed by atoms with Crippen molar-refractivity contribution < 1.29 is 52.3 Å². The highest BCUT2D eigenvalue weighted by molar-refractivity contribution is 5.89. The Morgan fingerprint density at radius 1 is 0.545 bits per heavy atom. The Morgan fingerprint density at radius 2 is 1.02 bits per heavy atom. The van der Waals surface area contributed by atoms with Gasteiger partial charge in [-0.2, -0.15) is 0 Å². The molecule has 0 fully saturated rings. The van der Waals surface area contributed by atoms with Gasteiger partial charge >= 0.3 is 23.9 Å². The monoisotopic (exact) mass is 600 g/mol. The minimum Gasteiger partial charge on any atom is -0.457 e. The highest BCUT2D eigenvalue weighted by Gasteiger charge is 2.10. The molecule has 0 saturated heterocycles. The number of carbonyl (C=O) groups excluding carboxylic acids is 4. The molecule has 3 aromatic rings. The van der Waals surface area contributed by atoms with E-state index in [0.29, 0.717) is 17.1 Å². The third-order valence-electron chi connectivity index (χ3n) is 5.40. The molecule has 0 bridgehead atoms. The Balaban J connectivity index is 1.59. The van der Waals surface area contributed by atoms with Crippen molar-refractivity contribution in [3.8, 4) is 34.1 Å². The summed E-state index contributed by atoms with van der Waals surface area (Å²) in [5, 5.41) is 0. The molecule has 0 aromatic heterocycles. The topological polar surface area (TPSA) is 133 Å². The van der Waals surface area contributed by atoms with Gasteiger partial charge in [0, 0.05) is 24.3 Å². The summed E-state index contributed by atoms with van der Waals surface area (Å²) in [7, 11) is 0. The molecule has 3 rings (SSSR count). The van der Waals surface area contributed by atoms with E-state index in [1.165, 1.54) is 24.3 Å².